The number of esters is 3. The lowest BCUT2D eigenvalue weighted by molar-refractivity contribution is -0.206. The Morgan fingerprint density at radius 3 is 2.52 bits per heavy atom. The fraction of sp³-hybridized carbons (Fsp3) is 0.750. The standard InChI is InChI=1S/C16H22O7/c1-5-21-13(19)10-7-16(8-12(18)22-15(2,3)4)11(17)6-9(10)14(20)23-16/h9-10H,5-8H2,1-4H3/t9-,10-,16+/m0/s1. The van der Waals surface area contributed by atoms with Crippen LogP contribution in [0.1, 0.15) is 47.0 Å². The van der Waals surface area contributed by atoms with Crippen LogP contribution in [0.4, 0.5) is 0 Å². The first-order valence-electron chi connectivity index (χ1n) is 7.72. The van der Waals surface area contributed by atoms with Gasteiger partial charge in [0.15, 0.2) is 11.4 Å². The van der Waals surface area contributed by atoms with Crippen molar-refractivity contribution in [2.75, 3.05) is 6.61 Å². The molecule has 2 bridgehead atoms. The van der Waals surface area contributed by atoms with Crippen LogP contribution in [0.5, 0.6) is 0 Å². The molecule has 0 radical (unpaired) electrons. The highest BCUT2D eigenvalue weighted by Crippen LogP contribution is 2.45. The molecule has 0 N–H and O–H groups in total. The molecular weight excluding hydrogens is 304 g/mol. The second-order valence-electron chi connectivity index (χ2n) is 6.98. The van der Waals surface area contributed by atoms with E-state index < -0.39 is 40.9 Å². The number of carbonyl (C=O) groups excluding carboxylic acids is 4. The van der Waals surface area contributed by atoms with Crippen molar-refractivity contribution in [3.63, 3.8) is 0 Å². The van der Waals surface area contributed by atoms with Crippen molar-refractivity contribution >= 4 is 23.7 Å². The van der Waals surface area contributed by atoms with Gasteiger partial charge in [-0.3, -0.25) is 19.2 Å². The molecule has 3 atom stereocenters. The normalized spacial score (nSPS) is 29.9. The lowest BCUT2D eigenvalue weighted by Crippen LogP contribution is -2.61. The molecule has 0 spiro atoms. The molecule has 0 aromatic heterocycles. The van der Waals surface area contributed by atoms with Crippen molar-refractivity contribution in [1.82, 2.24) is 0 Å². The van der Waals surface area contributed by atoms with E-state index in [9.17, 15) is 19.2 Å². The minimum absolute atomic E-state index is 0.0275. The summed E-state index contributed by atoms with van der Waals surface area (Å²) in [5.41, 5.74) is -2.32. The van der Waals surface area contributed by atoms with Gasteiger partial charge in [-0.15, -0.1) is 0 Å². The van der Waals surface area contributed by atoms with E-state index in [1.807, 2.05) is 0 Å². The molecule has 2 heterocycles. The molecule has 2 aliphatic heterocycles. The van der Waals surface area contributed by atoms with E-state index >= 15 is 0 Å². The van der Waals surface area contributed by atoms with Gasteiger partial charge in [0, 0.05) is 12.8 Å². The molecule has 23 heavy (non-hydrogen) atoms. The summed E-state index contributed by atoms with van der Waals surface area (Å²) in [6, 6.07) is 0. The van der Waals surface area contributed by atoms with E-state index in [1.54, 1.807) is 27.7 Å². The Labute approximate surface area is 134 Å². The van der Waals surface area contributed by atoms with E-state index in [4.69, 9.17) is 14.2 Å². The monoisotopic (exact) mass is 326 g/mol. The minimum atomic E-state index is -1.61. The Kier molecular flexibility index (Phi) is 4.50. The predicted molar refractivity (Wildman–Crippen MR) is 77.1 cm³/mol. The molecule has 1 aliphatic carbocycles. The van der Waals surface area contributed by atoms with E-state index in [2.05, 4.69) is 0 Å². The highest BCUT2D eigenvalue weighted by Gasteiger charge is 2.61. The Morgan fingerprint density at radius 2 is 1.96 bits per heavy atom. The highest BCUT2D eigenvalue weighted by molar-refractivity contribution is 6.02. The van der Waals surface area contributed by atoms with Crippen LogP contribution in [-0.4, -0.2) is 41.5 Å². The number of carbonyl (C=O) groups is 4. The Balaban J connectivity index is 2.21. The number of fused-ring (bicyclic) bond motifs is 3. The number of hydrogen-bond donors (Lipinski definition) is 0. The number of hydrogen-bond acceptors (Lipinski definition) is 7. The number of ether oxygens (including phenoxy) is 3. The third-order valence-corrected chi connectivity index (χ3v) is 3.99. The van der Waals surface area contributed by atoms with Gasteiger partial charge in [-0.05, 0) is 27.7 Å². The van der Waals surface area contributed by atoms with Gasteiger partial charge in [0.25, 0.3) is 0 Å². The largest absolute Gasteiger partial charge is 0.466 e. The van der Waals surface area contributed by atoms with Crippen LogP contribution in [0, 0.1) is 11.8 Å². The predicted octanol–water partition coefficient (Wildman–Crippen LogP) is 1.17. The maximum Gasteiger partial charge on any atom is 0.311 e. The van der Waals surface area contributed by atoms with Gasteiger partial charge in [-0.1, -0.05) is 0 Å². The number of ketones is 1. The van der Waals surface area contributed by atoms with Gasteiger partial charge >= 0.3 is 17.9 Å². The molecule has 3 aliphatic rings. The van der Waals surface area contributed by atoms with E-state index in [-0.39, 0.29) is 31.7 Å². The minimum Gasteiger partial charge on any atom is -0.466 e. The summed E-state index contributed by atoms with van der Waals surface area (Å²) in [6.07, 6.45) is -0.511. The molecule has 0 amide bonds. The van der Waals surface area contributed by atoms with E-state index in [0.29, 0.717) is 0 Å². The third-order valence-electron chi connectivity index (χ3n) is 3.99. The molecule has 7 nitrogen and oxygen atoms in total. The van der Waals surface area contributed by atoms with E-state index in [0.717, 1.165) is 0 Å². The molecule has 3 rings (SSSR count). The van der Waals surface area contributed by atoms with Crippen LogP contribution in [-0.2, 0) is 33.4 Å². The molecule has 1 saturated carbocycles. The van der Waals surface area contributed by atoms with Crippen LogP contribution in [0.25, 0.3) is 0 Å². The van der Waals surface area contributed by atoms with Crippen LogP contribution >= 0.6 is 0 Å². The number of rotatable bonds is 4. The smallest absolute Gasteiger partial charge is 0.311 e. The Hall–Kier alpha value is -1.92. The first-order valence-corrected chi connectivity index (χ1v) is 7.72. The lowest BCUT2D eigenvalue weighted by atomic mass is 9.66. The fourth-order valence-corrected chi connectivity index (χ4v) is 3.07. The summed E-state index contributed by atoms with van der Waals surface area (Å²) in [5, 5.41) is 0. The van der Waals surface area contributed by atoms with Crippen molar-refractivity contribution in [1.29, 1.82) is 0 Å². The summed E-state index contributed by atoms with van der Waals surface area (Å²) in [6.45, 7) is 6.96. The zero-order chi connectivity index (χ0) is 17.4. The SMILES string of the molecule is CCOC(=O)[C@H]1C[C@]2(CC(=O)OC(C)(C)C)OC(=O)[C@H]1CC2=O. The first-order chi connectivity index (χ1) is 10.6. The number of Topliss-reactive ketones (excluding diaryl/α,β-unsaturated/α-hetero) is 1. The fourth-order valence-electron chi connectivity index (χ4n) is 3.07. The van der Waals surface area contributed by atoms with Crippen molar-refractivity contribution in [3.05, 3.63) is 0 Å². The first kappa shape index (κ1) is 17.4. The maximum absolute atomic E-state index is 12.3. The van der Waals surface area contributed by atoms with Crippen LogP contribution in [0.15, 0.2) is 0 Å². The summed E-state index contributed by atoms with van der Waals surface area (Å²) in [7, 11) is 0. The second-order valence-corrected chi connectivity index (χ2v) is 6.98. The molecule has 0 aromatic carbocycles. The van der Waals surface area contributed by atoms with Crippen molar-refractivity contribution in [2.24, 2.45) is 11.8 Å². The highest BCUT2D eigenvalue weighted by atomic mass is 16.6. The van der Waals surface area contributed by atoms with Gasteiger partial charge in [0.2, 0.25) is 0 Å². The lowest BCUT2D eigenvalue weighted by Gasteiger charge is -2.46. The van der Waals surface area contributed by atoms with Crippen molar-refractivity contribution < 1.29 is 33.4 Å². The van der Waals surface area contributed by atoms with Crippen LogP contribution in [0.2, 0.25) is 0 Å². The van der Waals surface area contributed by atoms with Crippen LogP contribution < -0.4 is 0 Å². The van der Waals surface area contributed by atoms with Gasteiger partial charge in [0.1, 0.15) is 5.60 Å². The van der Waals surface area contributed by atoms with Gasteiger partial charge in [-0.2, -0.15) is 0 Å². The molecule has 128 valence electrons. The summed E-state index contributed by atoms with van der Waals surface area (Å²) in [5.74, 6) is -3.71. The summed E-state index contributed by atoms with van der Waals surface area (Å²) < 4.78 is 15.4. The molecule has 3 fully saturated rings. The summed E-state index contributed by atoms with van der Waals surface area (Å²) in [4.78, 5) is 48.5. The van der Waals surface area contributed by atoms with Gasteiger partial charge < -0.3 is 14.2 Å². The summed E-state index contributed by atoms with van der Waals surface area (Å²) >= 11 is 0. The van der Waals surface area contributed by atoms with Crippen molar-refractivity contribution in [3.8, 4) is 0 Å². The van der Waals surface area contributed by atoms with Gasteiger partial charge in [-0.25, -0.2) is 0 Å². The Morgan fingerprint density at radius 1 is 1.30 bits per heavy atom. The van der Waals surface area contributed by atoms with E-state index in [1.165, 1.54) is 0 Å². The zero-order valence-corrected chi connectivity index (χ0v) is 13.8. The van der Waals surface area contributed by atoms with Crippen LogP contribution in [0.3, 0.4) is 0 Å². The average Bonchev–Trinajstić information content (AvgIpc) is 2.38. The second kappa shape index (κ2) is 5.94. The molecule has 7 heteroatoms. The van der Waals surface area contributed by atoms with Crippen molar-refractivity contribution in [2.45, 2.75) is 58.2 Å². The third kappa shape index (κ3) is 3.54. The molecule has 0 aromatic rings. The topological polar surface area (TPSA) is 96.0 Å². The zero-order valence-electron chi connectivity index (χ0n) is 13.8. The molecular formula is C16H22O7. The quantitative estimate of drug-likeness (QED) is 0.565. The Bertz CT molecular complexity index is 545. The molecule has 0 unspecified atom stereocenters. The maximum atomic E-state index is 12.3. The van der Waals surface area contributed by atoms with Gasteiger partial charge in [0.05, 0.1) is 24.9 Å². The average molecular weight is 326 g/mol. The molecule has 2 saturated heterocycles.